The van der Waals surface area contributed by atoms with Crippen molar-refractivity contribution >= 4 is 11.5 Å². The molecule has 0 spiro atoms. The lowest BCUT2D eigenvalue weighted by atomic mass is 9.97. The van der Waals surface area contributed by atoms with Crippen molar-refractivity contribution in [2.45, 2.75) is 38.5 Å². The Hall–Kier alpha value is -1.66. The minimum absolute atomic E-state index is 0.484. The molecule has 0 saturated carbocycles. The first-order chi connectivity index (χ1) is 10.8. The Bertz CT molecular complexity index is 618. The molecule has 2 aromatic rings. The molecule has 120 valence electrons. The molecule has 6 heteroatoms. The van der Waals surface area contributed by atoms with Crippen LogP contribution >= 0.6 is 0 Å². The van der Waals surface area contributed by atoms with Gasteiger partial charge in [0.05, 0.1) is 5.69 Å². The van der Waals surface area contributed by atoms with E-state index in [1.807, 2.05) is 4.52 Å². The Labute approximate surface area is 131 Å². The van der Waals surface area contributed by atoms with E-state index < -0.39 is 0 Å². The van der Waals surface area contributed by atoms with Gasteiger partial charge in [0, 0.05) is 43.5 Å². The second-order valence-corrected chi connectivity index (χ2v) is 5.78. The normalized spacial score (nSPS) is 16.3. The lowest BCUT2D eigenvalue weighted by molar-refractivity contribution is 0.0844. The molecule has 22 heavy (non-hydrogen) atoms. The maximum absolute atomic E-state index is 5.58. The number of fused-ring (bicyclic) bond motifs is 1. The molecule has 3 rings (SSSR count). The predicted molar refractivity (Wildman–Crippen MR) is 87.3 cm³/mol. The molecule has 6 nitrogen and oxygen atoms in total. The predicted octanol–water partition coefficient (Wildman–Crippen LogP) is 1.95. The minimum atomic E-state index is 0.484. The summed E-state index contributed by atoms with van der Waals surface area (Å²) in [6.45, 7) is 5.32. The van der Waals surface area contributed by atoms with Gasteiger partial charge >= 0.3 is 0 Å². The molecule has 0 aromatic carbocycles. The van der Waals surface area contributed by atoms with Crippen LogP contribution in [0, 0.1) is 0 Å². The van der Waals surface area contributed by atoms with Gasteiger partial charge in [0.25, 0.3) is 0 Å². The van der Waals surface area contributed by atoms with Crippen LogP contribution in [0.2, 0.25) is 0 Å². The Balaban J connectivity index is 1.92. The zero-order chi connectivity index (χ0) is 15.4. The van der Waals surface area contributed by atoms with Gasteiger partial charge in [-0.25, -0.2) is 4.98 Å². The number of nitrogens with one attached hydrogen (secondary N) is 1. The average Bonchev–Trinajstić information content (AvgIpc) is 3.00. The third-order valence-corrected chi connectivity index (χ3v) is 4.19. The highest BCUT2D eigenvalue weighted by Gasteiger charge is 2.20. The molecule has 1 saturated heterocycles. The summed E-state index contributed by atoms with van der Waals surface area (Å²) in [7, 11) is 0. The SMILES string of the molecule is CCc1cc(NCCCN)n2nc(C3CCOCC3)cc2n1. The molecule has 1 aliphatic rings. The van der Waals surface area contributed by atoms with Crippen LogP contribution in [0.1, 0.15) is 43.5 Å². The van der Waals surface area contributed by atoms with E-state index in [2.05, 4.69) is 24.4 Å². The molecule has 1 aliphatic heterocycles. The van der Waals surface area contributed by atoms with E-state index in [0.717, 1.165) is 68.3 Å². The van der Waals surface area contributed by atoms with Crippen molar-refractivity contribution in [3.05, 3.63) is 23.5 Å². The monoisotopic (exact) mass is 303 g/mol. The minimum Gasteiger partial charge on any atom is -0.381 e. The van der Waals surface area contributed by atoms with Crippen molar-refractivity contribution in [3.8, 4) is 0 Å². The van der Waals surface area contributed by atoms with Crippen LogP contribution in [-0.4, -0.2) is 40.9 Å². The second-order valence-electron chi connectivity index (χ2n) is 5.78. The topological polar surface area (TPSA) is 77.5 Å². The lowest BCUT2D eigenvalue weighted by Gasteiger charge is -2.19. The molecule has 0 radical (unpaired) electrons. The molecular weight excluding hydrogens is 278 g/mol. The number of aromatic nitrogens is 3. The van der Waals surface area contributed by atoms with Crippen molar-refractivity contribution in [3.63, 3.8) is 0 Å². The fourth-order valence-electron chi connectivity index (χ4n) is 2.86. The quantitative estimate of drug-likeness (QED) is 0.798. The number of rotatable bonds is 6. The Morgan fingerprint density at radius 3 is 2.91 bits per heavy atom. The van der Waals surface area contributed by atoms with E-state index in [1.165, 1.54) is 0 Å². The smallest absolute Gasteiger partial charge is 0.157 e. The van der Waals surface area contributed by atoms with Crippen LogP contribution in [0.4, 0.5) is 5.82 Å². The summed E-state index contributed by atoms with van der Waals surface area (Å²) in [5.74, 6) is 1.49. The first-order valence-corrected chi connectivity index (χ1v) is 8.23. The van der Waals surface area contributed by atoms with Crippen molar-refractivity contribution in [2.24, 2.45) is 5.73 Å². The molecule has 1 fully saturated rings. The van der Waals surface area contributed by atoms with E-state index in [4.69, 9.17) is 20.6 Å². The molecule has 2 aromatic heterocycles. The summed E-state index contributed by atoms with van der Waals surface area (Å²) in [5.41, 5.74) is 8.72. The van der Waals surface area contributed by atoms with Gasteiger partial charge in [-0.15, -0.1) is 0 Å². The van der Waals surface area contributed by atoms with E-state index in [0.29, 0.717) is 12.5 Å². The molecule has 0 atom stereocenters. The third kappa shape index (κ3) is 3.23. The van der Waals surface area contributed by atoms with Gasteiger partial charge in [-0.3, -0.25) is 0 Å². The highest BCUT2D eigenvalue weighted by molar-refractivity contribution is 5.51. The van der Waals surface area contributed by atoms with Crippen LogP contribution < -0.4 is 11.1 Å². The van der Waals surface area contributed by atoms with Crippen molar-refractivity contribution in [1.29, 1.82) is 0 Å². The highest BCUT2D eigenvalue weighted by atomic mass is 16.5. The van der Waals surface area contributed by atoms with Gasteiger partial charge in [-0.1, -0.05) is 6.92 Å². The molecular formula is C16H25N5O. The Morgan fingerprint density at radius 2 is 2.18 bits per heavy atom. The van der Waals surface area contributed by atoms with Crippen molar-refractivity contribution in [1.82, 2.24) is 14.6 Å². The largest absolute Gasteiger partial charge is 0.381 e. The number of nitrogens with zero attached hydrogens (tertiary/aromatic N) is 3. The third-order valence-electron chi connectivity index (χ3n) is 4.19. The first-order valence-electron chi connectivity index (χ1n) is 8.23. The number of hydrogen-bond donors (Lipinski definition) is 2. The highest BCUT2D eigenvalue weighted by Crippen LogP contribution is 2.27. The number of ether oxygens (including phenoxy) is 1. The summed E-state index contributed by atoms with van der Waals surface area (Å²) in [4.78, 5) is 4.70. The molecule has 0 amide bonds. The molecule has 0 unspecified atom stereocenters. The van der Waals surface area contributed by atoms with E-state index in [-0.39, 0.29) is 0 Å². The summed E-state index contributed by atoms with van der Waals surface area (Å²) in [6.07, 6.45) is 3.94. The van der Waals surface area contributed by atoms with Gasteiger partial charge in [-0.05, 0) is 32.2 Å². The summed E-state index contributed by atoms with van der Waals surface area (Å²) < 4.78 is 7.38. The maximum atomic E-state index is 5.58. The van der Waals surface area contributed by atoms with E-state index in [1.54, 1.807) is 0 Å². The Morgan fingerprint density at radius 1 is 1.36 bits per heavy atom. The van der Waals surface area contributed by atoms with Crippen molar-refractivity contribution < 1.29 is 4.74 Å². The standard InChI is InChI=1S/C16H25N5O/c1-2-13-10-15(18-7-3-6-17)21-16(19-13)11-14(20-21)12-4-8-22-9-5-12/h10-12,18H,2-9,17H2,1H3. The summed E-state index contributed by atoms with van der Waals surface area (Å²) in [5, 5.41) is 8.23. The van der Waals surface area contributed by atoms with Crippen LogP contribution in [0.3, 0.4) is 0 Å². The number of anilines is 1. The summed E-state index contributed by atoms with van der Waals surface area (Å²) >= 11 is 0. The summed E-state index contributed by atoms with van der Waals surface area (Å²) in [6, 6.07) is 4.22. The molecule has 0 bridgehead atoms. The second kappa shape index (κ2) is 7.07. The van der Waals surface area contributed by atoms with Crippen LogP contribution in [0.5, 0.6) is 0 Å². The lowest BCUT2D eigenvalue weighted by Crippen LogP contribution is -2.15. The van der Waals surface area contributed by atoms with Gasteiger partial charge in [0.2, 0.25) is 0 Å². The van der Waals surface area contributed by atoms with Crippen LogP contribution in [-0.2, 0) is 11.2 Å². The fourth-order valence-corrected chi connectivity index (χ4v) is 2.86. The van der Waals surface area contributed by atoms with Gasteiger partial charge < -0.3 is 15.8 Å². The van der Waals surface area contributed by atoms with E-state index in [9.17, 15) is 0 Å². The fraction of sp³-hybridized carbons (Fsp3) is 0.625. The van der Waals surface area contributed by atoms with Gasteiger partial charge in [0.1, 0.15) is 5.82 Å². The Kier molecular flexibility index (Phi) is 4.90. The molecule has 3 heterocycles. The zero-order valence-electron chi connectivity index (χ0n) is 13.2. The number of aryl methyl sites for hydroxylation is 1. The maximum Gasteiger partial charge on any atom is 0.157 e. The van der Waals surface area contributed by atoms with E-state index >= 15 is 0 Å². The number of hydrogen-bond acceptors (Lipinski definition) is 5. The van der Waals surface area contributed by atoms with Gasteiger partial charge in [0.15, 0.2) is 5.65 Å². The van der Waals surface area contributed by atoms with Crippen LogP contribution in [0.25, 0.3) is 5.65 Å². The average molecular weight is 303 g/mol. The van der Waals surface area contributed by atoms with Crippen molar-refractivity contribution in [2.75, 3.05) is 31.6 Å². The molecule has 3 N–H and O–H groups in total. The van der Waals surface area contributed by atoms with Crippen LogP contribution in [0.15, 0.2) is 12.1 Å². The van der Waals surface area contributed by atoms with Gasteiger partial charge in [-0.2, -0.15) is 9.61 Å². The zero-order valence-corrected chi connectivity index (χ0v) is 13.2. The number of nitrogens with two attached hydrogens (primary N) is 1. The molecule has 0 aliphatic carbocycles. The first kappa shape index (κ1) is 15.2.